The number of nitrogens with one attached hydrogen (secondary N) is 1. The van der Waals surface area contributed by atoms with Crippen molar-refractivity contribution in [3.05, 3.63) is 59.4 Å². The molecule has 1 fully saturated rings. The average Bonchev–Trinajstić information content (AvgIpc) is 3.29. The maximum atomic E-state index is 13.9. The molecule has 4 nitrogen and oxygen atoms in total. The maximum Gasteiger partial charge on any atom is 0.193 e. The molecule has 0 amide bonds. The van der Waals surface area contributed by atoms with Crippen molar-refractivity contribution in [2.24, 2.45) is 16.6 Å². The molecule has 1 aliphatic carbocycles. The van der Waals surface area contributed by atoms with Gasteiger partial charge in [0.25, 0.3) is 0 Å². The topological polar surface area (TPSA) is 53.6 Å². The first kappa shape index (κ1) is 16.9. The van der Waals surface area contributed by atoms with Gasteiger partial charge in [0.15, 0.2) is 5.96 Å². The largest absolute Gasteiger partial charge is 0.370 e. The number of guanidine groups is 1. The monoisotopic (exact) mass is 352 g/mol. The van der Waals surface area contributed by atoms with E-state index in [0.717, 1.165) is 31.6 Å². The Hall–Kier alpha value is -2.56. The fraction of sp³-hybridized carbons (Fsp3) is 0.381. The van der Waals surface area contributed by atoms with Crippen LogP contribution in [0.15, 0.2) is 47.5 Å². The summed E-state index contributed by atoms with van der Waals surface area (Å²) in [7, 11) is 0. The quantitative estimate of drug-likeness (QED) is 0.653. The van der Waals surface area contributed by atoms with E-state index < -0.39 is 0 Å². The van der Waals surface area contributed by atoms with E-state index in [2.05, 4.69) is 33.4 Å². The highest BCUT2D eigenvalue weighted by molar-refractivity contribution is 5.92. The number of benzene rings is 2. The number of para-hydroxylation sites is 1. The van der Waals surface area contributed by atoms with Crippen molar-refractivity contribution in [2.75, 3.05) is 29.9 Å². The van der Waals surface area contributed by atoms with E-state index in [4.69, 9.17) is 5.73 Å². The van der Waals surface area contributed by atoms with Crippen molar-refractivity contribution in [3.8, 4) is 0 Å². The summed E-state index contributed by atoms with van der Waals surface area (Å²) in [6, 6.07) is 13.4. The lowest BCUT2D eigenvalue weighted by molar-refractivity contribution is 0.598. The Bertz CT molecular complexity index is 817. The van der Waals surface area contributed by atoms with Crippen LogP contribution in [0, 0.1) is 11.7 Å². The predicted molar refractivity (Wildman–Crippen MR) is 105 cm³/mol. The van der Waals surface area contributed by atoms with Crippen LogP contribution in [0.25, 0.3) is 0 Å². The van der Waals surface area contributed by atoms with Gasteiger partial charge in [0, 0.05) is 25.3 Å². The Kier molecular flexibility index (Phi) is 4.78. The lowest BCUT2D eigenvalue weighted by Gasteiger charge is -2.19. The number of aliphatic imine (C=N–C) groups is 1. The first-order valence-corrected chi connectivity index (χ1v) is 9.37. The van der Waals surface area contributed by atoms with Crippen molar-refractivity contribution in [1.29, 1.82) is 0 Å². The Labute approximate surface area is 153 Å². The predicted octanol–water partition coefficient (Wildman–Crippen LogP) is 3.57. The van der Waals surface area contributed by atoms with Gasteiger partial charge >= 0.3 is 0 Å². The van der Waals surface area contributed by atoms with E-state index in [1.165, 1.54) is 30.0 Å². The number of halogens is 1. The molecule has 1 saturated heterocycles. The molecule has 0 radical (unpaired) electrons. The third-order valence-electron chi connectivity index (χ3n) is 5.37. The first-order chi connectivity index (χ1) is 12.7. The van der Waals surface area contributed by atoms with Gasteiger partial charge in [-0.05, 0) is 67.0 Å². The third-order valence-corrected chi connectivity index (χ3v) is 5.37. The number of aryl methyl sites for hydroxylation is 2. The molecule has 2 aliphatic rings. The molecule has 1 unspecified atom stereocenters. The fourth-order valence-electron chi connectivity index (χ4n) is 3.97. The zero-order valence-corrected chi connectivity index (χ0v) is 14.9. The van der Waals surface area contributed by atoms with E-state index in [-0.39, 0.29) is 5.82 Å². The van der Waals surface area contributed by atoms with E-state index in [1.807, 2.05) is 12.1 Å². The van der Waals surface area contributed by atoms with Crippen molar-refractivity contribution >= 4 is 17.3 Å². The highest BCUT2D eigenvalue weighted by Crippen LogP contribution is 2.27. The first-order valence-electron chi connectivity index (χ1n) is 9.37. The molecule has 1 atom stereocenters. The van der Waals surface area contributed by atoms with Crippen LogP contribution in [0.5, 0.6) is 0 Å². The molecule has 0 aromatic heterocycles. The minimum Gasteiger partial charge on any atom is -0.370 e. The van der Waals surface area contributed by atoms with Crippen molar-refractivity contribution < 1.29 is 4.39 Å². The van der Waals surface area contributed by atoms with Gasteiger partial charge in [-0.25, -0.2) is 4.39 Å². The van der Waals surface area contributed by atoms with Gasteiger partial charge in [0.2, 0.25) is 0 Å². The minimum absolute atomic E-state index is 0.158. The normalized spacial score (nSPS) is 19.7. The molecule has 2 aromatic rings. The van der Waals surface area contributed by atoms with Gasteiger partial charge < -0.3 is 16.0 Å². The lowest BCUT2D eigenvalue weighted by Crippen LogP contribution is -2.25. The SMILES string of the molecule is NC(=NCC1CCN(c2ccccc2F)C1)Nc1ccc2c(c1)CCC2. The van der Waals surface area contributed by atoms with E-state index in [1.54, 1.807) is 6.07 Å². The van der Waals surface area contributed by atoms with Crippen molar-refractivity contribution in [1.82, 2.24) is 0 Å². The van der Waals surface area contributed by atoms with Gasteiger partial charge in [-0.1, -0.05) is 18.2 Å². The summed E-state index contributed by atoms with van der Waals surface area (Å²) in [6.45, 7) is 2.34. The van der Waals surface area contributed by atoms with Gasteiger partial charge in [-0.2, -0.15) is 0 Å². The highest BCUT2D eigenvalue weighted by atomic mass is 19.1. The van der Waals surface area contributed by atoms with Crippen LogP contribution < -0.4 is 16.0 Å². The molecule has 1 heterocycles. The molecule has 3 N–H and O–H groups in total. The van der Waals surface area contributed by atoms with Gasteiger partial charge in [0.1, 0.15) is 5.82 Å². The van der Waals surface area contributed by atoms with E-state index in [9.17, 15) is 4.39 Å². The molecule has 0 saturated carbocycles. The number of nitrogens with two attached hydrogens (primary N) is 1. The summed E-state index contributed by atoms with van der Waals surface area (Å²) in [5.74, 6) is 0.691. The smallest absolute Gasteiger partial charge is 0.193 e. The molecule has 4 rings (SSSR count). The van der Waals surface area contributed by atoms with Crippen LogP contribution in [0.3, 0.4) is 0 Å². The molecule has 2 aromatic carbocycles. The Morgan fingerprint density at radius 3 is 2.92 bits per heavy atom. The second-order valence-electron chi connectivity index (χ2n) is 7.24. The van der Waals surface area contributed by atoms with Crippen molar-refractivity contribution in [3.63, 3.8) is 0 Å². The number of rotatable bonds is 4. The molecule has 26 heavy (non-hydrogen) atoms. The minimum atomic E-state index is -0.158. The molecule has 136 valence electrons. The van der Waals surface area contributed by atoms with Gasteiger partial charge in [0.05, 0.1) is 5.69 Å². The van der Waals surface area contributed by atoms with Crippen molar-refractivity contribution in [2.45, 2.75) is 25.7 Å². The van der Waals surface area contributed by atoms with Crippen LogP contribution in [0.2, 0.25) is 0 Å². The fourth-order valence-corrected chi connectivity index (χ4v) is 3.97. The average molecular weight is 352 g/mol. The summed E-state index contributed by atoms with van der Waals surface area (Å²) in [5, 5.41) is 3.20. The summed E-state index contributed by atoms with van der Waals surface area (Å²) in [4.78, 5) is 6.61. The molecular weight excluding hydrogens is 327 g/mol. The zero-order chi connectivity index (χ0) is 17.9. The third kappa shape index (κ3) is 3.66. The summed E-state index contributed by atoms with van der Waals surface area (Å²) in [6.07, 6.45) is 4.57. The van der Waals surface area contributed by atoms with Crippen LogP contribution in [0.1, 0.15) is 24.0 Å². The number of hydrogen-bond donors (Lipinski definition) is 2. The standard InChI is InChI=1S/C21H25FN4/c22-19-6-1-2-7-20(19)26-11-10-15(14-26)13-24-21(23)25-18-9-8-16-4-3-5-17(16)12-18/h1-2,6-9,12,15H,3-5,10-11,13-14H2,(H3,23,24,25). The number of anilines is 2. The van der Waals surface area contributed by atoms with E-state index in [0.29, 0.717) is 24.1 Å². The molecule has 0 bridgehead atoms. The summed E-state index contributed by atoms with van der Waals surface area (Å²) in [5.41, 5.74) is 10.6. The van der Waals surface area contributed by atoms with Gasteiger partial charge in [-0.3, -0.25) is 4.99 Å². The summed E-state index contributed by atoms with van der Waals surface area (Å²) < 4.78 is 13.9. The summed E-state index contributed by atoms with van der Waals surface area (Å²) >= 11 is 0. The number of fused-ring (bicyclic) bond motifs is 1. The number of hydrogen-bond acceptors (Lipinski definition) is 2. The molecular formula is C21H25FN4. The lowest BCUT2D eigenvalue weighted by atomic mass is 10.1. The second kappa shape index (κ2) is 7.36. The van der Waals surface area contributed by atoms with Crippen LogP contribution >= 0.6 is 0 Å². The Morgan fingerprint density at radius 1 is 1.19 bits per heavy atom. The zero-order valence-electron chi connectivity index (χ0n) is 14.9. The second-order valence-corrected chi connectivity index (χ2v) is 7.24. The Morgan fingerprint density at radius 2 is 2.04 bits per heavy atom. The van der Waals surface area contributed by atoms with Crippen LogP contribution in [-0.2, 0) is 12.8 Å². The van der Waals surface area contributed by atoms with E-state index >= 15 is 0 Å². The van der Waals surface area contributed by atoms with Crippen LogP contribution in [0.4, 0.5) is 15.8 Å². The number of nitrogens with zero attached hydrogens (tertiary/aromatic N) is 2. The van der Waals surface area contributed by atoms with Gasteiger partial charge in [-0.15, -0.1) is 0 Å². The highest BCUT2D eigenvalue weighted by Gasteiger charge is 2.24. The molecule has 0 spiro atoms. The Balaban J connectivity index is 1.33. The maximum absolute atomic E-state index is 13.9. The van der Waals surface area contributed by atoms with Crippen LogP contribution in [-0.4, -0.2) is 25.6 Å². The molecule has 5 heteroatoms. The molecule has 1 aliphatic heterocycles.